The van der Waals surface area contributed by atoms with Crippen molar-refractivity contribution in [2.24, 2.45) is 0 Å². The average molecular weight is 433 g/mol. The van der Waals surface area contributed by atoms with Crippen LogP contribution in [-0.4, -0.2) is 47.8 Å². The van der Waals surface area contributed by atoms with Crippen molar-refractivity contribution >= 4 is 41.3 Å². The number of hydrogen-bond donors (Lipinski definition) is 0. The van der Waals surface area contributed by atoms with Gasteiger partial charge in [0.15, 0.2) is 0 Å². The lowest BCUT2D eigenvalue weighted by molar-refractivity contribution is -0.135. The van der Waals surface area contributed by atoms with Gasteiger partial charge in [-0.15, -0.1) is 0 Å². The summed E-state index contributed by atoms with van der Waals surface area (Å²) < 4.78 is 13.1. The molecule has 4 nitrogen and oxygen atoms in total. The van der Waals surface area contributed by atoms with Gasteiger partial charge in [-0.05, 0) is 60.5 Å². The number of hydrogen-bond acceptors (Lipinski definition) is 3. The zero-order valence-electron chi connectivity index (χ0n) is 16.3. The summed E-state index contributed by atoms with van der Waals surface area (Å²) in [6, 6.07) is 10.1. The normalized spacial score (nSPS) is 14.5. The number of rotatable bonds is 4. The Hall–Kier alpha value is -2.31. The van der Waals surface area contributed by atoms with Crippen LogP contribution in [0, 0.1) is 12.7 Å². The Labute approximate surface area is 179 Å². The molecule has 0 N–H and O–H groups in total. The maximum Gasteiger partial charge on any atom is 0.246 e. The number of amides is 2. The molecule has 0 aliphatic carbocycles. The number of piperazine rings is 1. The third-order valence-corrected chi connectivity index (χ3v) is 6.27. The van der Waals surface area contributed by atoms with E-state index in [-0.39, 0.29) is 17.6 Å². The molecule has 1 aliphatic rings. The van der Waals surface area contributed by atoms with Crippen molar-refractivity contribution in [3.8, 4) is 0 Å². The highest BCUT2D eigenvalue weighted by atomic mass is 35.5. The summed E-state index contributed by atoms with van der Waals surface area (Å²) in [6.07, 6.45) is 3.25. The van der Waals surface area contributed by atoms with Crippen LogP contribution >= 0.6 is 23.4 Å². The summed E-state index contributed by atoms with van der Waals surface area (Å²) in [5.74, 6) is -0.322. The van der Waals surface area contributed by atoms with Crippen LogP contribution in [0.5, 0.6) is 0 Å². The van der Waals surface area contributed by atoms with Gasteiger partial charge in [0.25, 0.3) is 0 Å². The Morgan fingerprint density at radius 1 is 1.07 bits per heavy atom. The molecule has 0 saturated carbocycles. The third-order valence-electron chi connectivity index (χ3n) is 4.78. The van der Waals surface area contributed by atoms with E-state index >= 15 is 0 Å². The van der Waals surface area contributed by atoms with Gasteiger partial charge >= 0.3 is 0 Å². The highest BCUT2D eigenvalue weighted by Crippen LogP contribution is 2.34. The molecule has 2 aromatic carbocycles. The van der Waals surface area contributed by atoms with E-state index in [1.165, 1.54) is 30.0 Å². The lowest BCUT2D eigenvalue weighted by atomic mass is 10.1. The zero-order chi connectivity index (χ0) is 21.0. The first kappa shape index (κ1) is 21.4. The lowest BCUT2D eigenvalue weighted by Crippen LogP contribution is -2.49. The van der Waals surface area contributed by atoms with Gasteiger partial charge in [-0.3, -0.25) is 9.59 Å². The molecule has 0 bridgehead atoms. The van der Waals surface area contributed by atoms with Crippen molar-refractivity contribution in [2.75, 3.05) is 26.2 Å². The first-order valence-electron chi connectivity index (χ1n) is 9.29. The molecular formula is C22H22ClFN2O2S. The number of halogens is 2. The highest BCUT2D eigenvalue weighted by molar-refractivity contribution is 7.99. The standard InChI is InChI=1S/C22H22ClFN2O2S/c1-15-13-17(3-8-22(28)26-11-9-25(10-12-26)16(2)27)20(23)14-21(15)29-19-6-4-18(24)5-7-19/h3-8,13-14H,9-12H2,1-2H3/b8-3+. The van der Waals surface area contributed by atoms with E-state index < -0.39 is 0 Å². The van der Waals surface area contributed by atoms with Crippen LogP contribution in [0.3, 0.4) is 0 Å². The quantitative estimate of drug-likeness (QED) is 0.660. The van der Waals surface area contributed by atoms with E-state index in [1.54, 1.807) is 34.9 Å². The Bertz CT molecular complexity index is 939. The monoisotopic (exact) mass is 432 g/mol. The van der Waals surface area contributed by atoms with Gasteiger partial charge in [0.2, 0.25) is 11.8 Å². The van der Waals surface area contributed by atoms with Gasteiger partial charge in [-0.1, -0.05) is 23.4 Å². The van der Waals surface area contributed by atoms with Crippen molar-refractivity contribution in [1.82, 2.24) is 9.80 Å². The Morgan fingerprint density at radius 3 is 2.31 bits per heavy atom. The van der Waals surface area contributed by atoms with Crippen molar-refractivity contribution in [3.05, 3.63) is 64.4 Å². The fraction of sp³-hybridized carbons (Fsp3) is 0.273. The zero-order valence-corrected chi connectivity index (χ0v) is 17.9. The number of benzene rings is 2. The van der Waals surface area contributed by atoms with E-state index in [2.05, 4.69) is 0 Å². The van der Waals surface area contributed by atoms with Gasteiger partial charge in [-0.25, -0.2) is 4.39 Å². The molecule has 2 amide bonds. The molecule has 1 heterocycles. The molecule has 0 unspecified atom stereocenters. The van der Waals surface area contributed by atoms with E-state index in [0.717, 1.165) is 20.9 Å². The predicted molar refractivity (Wildman–Crippen MR) is 115 cm³/mol. The van der Waals surface area contributed by atoms with Crippen LogP contribution in [0.2, 0.25) is 5.02 Å². The lowest BCUT2D eigenvalue weighted by Gasteiger charge is -2.33. The second-order valence-electron chi connectivity index (χ2n) is 6.86. The number of aryl methyl sites for hydroxylation is 1. The Kier molecular flexibility index (Phi) is 6.98. The van der Waals surface area contributed by atoms with Crippen LogP contribution in [0.4, 0.5) is 4.39 Å². The minimum Gasteiger partial charge on any atom is -0.339 e. The topological polar surface area (TPSA) is 40.6 Å². The second kappa shape index (κ2) is 9.46. The molecule has 1 saturated heterocycles. The molecule has 1 aliphatic heterocycles. The Balaban J connectivity index is 1.66. The van der Waals surface area contributed by atoms with E-state index in [1.807, 2.05) is 19.1 Å². The summed E-state index contributed by atoms with van der Waals surface area (Å²) in [7, 11) is 0. The molecule has 3 rings (SSSR count). The van der Waals surface area contributed by atoms with Crippen molar-refractivity contribution in [3.63, 3.8) is 0 Å². The largest absolute Gasteiger partial charge is 0.339 e. The second-order valence-corrected chi connectivity index (χ2v) is 8.38. The fourth-order valence-electron chi connectivity index (χ4n) is 3.06. The number of carbonyl (C=O) groups excluding carboxylic acids is 2. The smallest absolute Gasteiger partial charge is 0.246 e. The van der Waals surface area contributed by atoms with Gasteiger partial charge in [0.05, 0.1) is 0 Å². The first-order chi connectivity index (χ1) is 13.8. The minimum atomic E-state index is -0.267. The first-order valence-corrected chi connectivity index (χ1v) is 10.5. The molecule has 0 radical (unpaired) electrons. The fourth-order valence-corrected chi connectivity index (χ4v) is 4.28. The summed E-state index contributed by atoms with van der Waals surface area (Å²) >= 11 is 7.94. The Morgan fingerprint density at radius 2 is 1.69 bits per heavy atom. The molecule has 7 heteroatoms. The minimum absolute atomic E-state index is 0.0356. The van der Waals surface area contributed by atoms with Gasteiger partial charge in [0.1, 0.15) is 5.82 Å². The van der Waals surface area contributed by atoms with Gasteiger partial charge < -0.3 is 9.80 Å². The molecular weight excluding hydrogens is 411 g/mol. The number of nitrogens with zero attached hydrogens (tertiary/aromatic N) is 2. The van der Waals surface area contributed by atoms with Crippen LogP contribution in [0.25, 0.3) is 6.08 Å². The van der Waals surface area contributed by atoms with Crippen LogP contribution < -0.4 is 0 Å². The van der Waals surface area contributed by atoms with Gasteiger partial charge in [-0.2, -0.15) is 0 Å². The molecule has 0 aromatic heterocycles. The van der Waals surface area contributed by atoms with E-state index in [4.69, 9.17) is 11.6 Å². The van der Waals surface area contributed by atoms with Gasteiger partial charge in [0, 0.05) is 54.0 Å². The summed E-state index contributed by atoms with van der Waals surface area (Å²) in [6.45, 7) is 5.70. The van der Waals surface area contributed by atoms with E-state index in [0.29, 0.717) is 31.2 Å². The molecule has 0 spiro atoms. The van der Waals surface area contributed by atoms with Crippen LogP contribution in [0.1, 0.15) is 18.1 Å². The van der Waals surface area contributed by atoms with E-state index in [9.17, 15) is 14.0 Å². The maximum absolute atomic E-state index is 13.1. The number of carbonyl (C=O) groups is 2. The van der Waals surface area contributed by atoms with Crippen molar-refractivity contribution in [2.45, 2.75) is 23.6 Å². The SMILES string of the molecule is CC(=O)N1CCN(C(=O)/C=C/c2cc(C)c(Sc3ccc(F)cc3)cc2Cl)CC1. The molecule has 0 atom stereocenters. The summed E-state index contributed by atoms with van der Waals surface area (Å²) in [5.41, 5.74) is 1.79. The molecule has 1 fully saturated rings. The summed E-state index contributed by atoms with van der Waals surface area (Å²) in [5, 5.41) is 0.547. The molecule has 29 heavy (non-hydrogen) atoms. The predicted octanol–water partition coefficient (Wildman–Crippen LogP) is 4.64. The van der Waals surface area contributed by atoms with Crippen LogP contribution in [0.15, 0.2) is 52.3 Å². The van der Waals surface area contributed by atoms with Crippen molar-refractivity contribution in [1.29, 1.82) is 0 Å². The molecule has 152 valence electrons. The third kappa shape index (κ3) is 5.61. The highest BCUT2D eigenvalue weighted by Gasteiger charge is 2.20. The van der Waals surface area contributed by atoms with Crippen LogP contribution in [-0.2, 0) is 9.59 Å². The maximum atomic E-state index is 13.1. The van der Waals surface area contributed by atoms with Crippen molar-refractivity contribution < 1.29 is 14.0 Å². The average Bonchev–Trinajstić information content (AvgIpc) is 2.71. The molecule has 2 aromatic rings. The summed E-state index contributed by atoms with van der Waals surface area (Å²) in [4.78, 5) is 29.2.